The summed E-state index contributed by atoms with van der Waals surface area (Å²) in [6.07, 6.45) is 0. The third-order valence-electron chi connectivity index (χ3n) is 2.29. The highest BCUT2D eigenvalue weighted by Crippen LogP contribution is 2.25. The third kappa shape index (κ3) is 2.63. The molecule has 0 aliphatic carbocycles. The van der Waals surface area contributed by atoms with E-state index in [-0.39, 0.29) is 6.04 Å². The Labute approximate surface area is 101 Å². The Morgan fingerprint density at radius 2 is 2.06 bits per heavy atom. The summed E-state index contributed by atoms with van der Waals surface area (Å²) in [5, 5.41) is 0. The summed E-state index contributed by atoms with van der Waals surface area (Å²) in [5.74, 6) is 0. The lowest BCUT2D eigenvalue weighted by atomic mass is 10.4. The molecular weight excluding hydrogens is 244 g/mol. The minimum Gasteiger partial charge on any atom is -0.326 e. The molecule has 0 aliphatic heterocycles. The number of thiophene rings is 1. The van der Waals surface area contributed by atoms with Crippen LogP contribution >= 0.6 is 11.3 Å². The molecule has 4 nitrogen and oxygen atoms in total. The fourth-order valence-electron chi connectivity index (χ4n) is 1.53. The van der Waals surface area contributed by atoms with Crippen molar-refractivity contribution in [1.82, 2.24) is 4.31 Å². The van der Waals surface area contributed by atoms with Gasteiger partial charge in [-0.25, -0.2) is 8.42 Å². The van der Waals surface area contributed by atoms with Gasteiger partial charge >= 0.3 is 0 Å². The van der Waals surface area contributed by atoms with Crippen molar-refractivity contribution in [3.63, 3.8) is 0 Å². The third-order valence-corrected chi connectivity index (χ3v) is 6.01. The molecule has 2 N–H and O–H groups in total. The molecular formula is C10H18N2O2S2. The maximum absolute atomic E-state index is 12.2. The minimum absolute atomic E-state index is 0.0292. The van der Waals surface area contributed by atoms with Crippen molar-refractivity contribution in [3.8, 4) is 0 Å². The van der Waals surface area contributed by atoms with Crippen LogP contribution in [0.2, 0.25) is 0 Å². The molecule has 16 heavy (non-hydrogen) atoms. The predicted octanol–water partition coefficient (Wildman–Crippen LogP) is 1.63. The molecule has 0 amide bonds. The summed E-state index contributed by atoms with van der Waals surface area (Å²) in [4.78, 5) is 0.887. The molecule has 1 aromatic heterocycles. The summed E-state index contributed by atoms with van der Waals surface area (Å²) < 4.78 is 26.3. The van der Waals surface area contributed by atoms with Crippen molar-refractivity contribution in [1.29, 1.82) is 0 Å². The molecule has 0 saturated carbocycles. The van der Waals surface area contributed by atoms with Crippen molar-refractivity contribution >= 4 is 21.4 Å². The summed E-state index contributed by atoms with van der Waals surface area (Å²) in [7, 11) is -3.34. The quantitative estimate of drug-likeness (QED) is 0.877. The normalized spacial score (nSPS) is 12.6. The van der Waals surface area contributed by atoms with E-state index >= 15 is 0 Å². The number of hydrogen-bond donors (Lipinski definition) is 1. The average Bonchev–Trinajstić information content (AvgIpc) is 2.66. The van der Waals surface area contributed by atoms with E-state index in [0.717, 1.165) is 4.88 Å². The maximum Gasteiger partial charge on any atom is 0.252 e. The van der Waals surface area contributed by atoms with Crippen molar-refractivity contribution < 1.29 is 8.42 Å². The Kier molecular flexibility index (Phi) is 4.49. The first kappa shape index (κ1) is 13.6. The Morgan fingerprint density at radius 1 is 1.44 bits per heavy atom. The first-order valence-electron chi connectivity index (χ1n) is 5.24. The van der Waals surface area contributed by atoms with Gasteiger partial charge in [0.25, 0.3) is 10.0 Å². The molecule has 1 heterocycles. The molecule has 0 aliphatic rings. The summed E-state index contributed by atoms with van der Waals surface area (Å²) in [6.45, 7) is 6.45. The average molecular weight is 262 g/mol. The van der Waals surface area contributed by atoms with Crippen LogP contribution in [0.1, 0.15) is 25.6 Å². The lowest BCUT2D eigenvalue weighted by molar-refractivity contribution is 0.370. The van der Waals surface area contributed by atoms with Gasteiger partial charge < -0.3 is 5.73 Å². The topological polar surface area (TPSA) is 63.4 Å². The van der Waals surface area contributed by atoms with Gasteiger partial charge in [-0.05, 0) is 26.0 Å². The summed E-state index contributed by atoms with van der Waals surface area (Å²) in [6, 6.07) is 3.37. The van der Waals surface area contributed by atoms with E-state index in [4.69, 9.17) is 5.73 Å². The van der Waals surface area contributed by atoms with Gasteiger partial charge in [-0.3, -0.25) is 0 Å². The van der Waals surface area contributed by atoms with Gasteiger partial charge in [0.05, 0.1) is 0 Å². The standard InChI is InChI=1S/C10H18N2O2S2/c1-4-12(8(2)3)16(13,14)10-6-5-9(7-11)15-10/h5-6,8H,4,7,11H2,1-3H3. The van der Waals surface area contributed by atoms with Gasteiger partial charge in [-0.1, -0.05) is 6.92 Å². The molecule has 0 bridgehead atoms. The van der Waals surface area contributed by atoms with E-state index in [1.54, 1.807) is 12.1 Å². The highest BCUT2D eigenvalue weighted by atomic mass is 32.2. The Morgan fingerprint density at radius 3 is 2.44 bits per heavy atom. The highest BCUT2D eigenvalue weighted by Gasteiger charge is 2.26. The van der Waals surface area contributed by atoms with Crippen LogP contribution in [0.25, 0.3) is 0 Å². The van der Waals surface area contributed by atoms with E-state index in [2.05, 4.69) is 0 Å². The number of hydrogen-bond acceptors (Lipinski definition) is 4. The molecule has 1 aromatic rings. The number of rotatable bonds is 5. The molecule has 92 valence electrons. The van der Waals surface area contributed by atoms with Crippen molar-refractivity contribution in [2.24, 2.45) is 5.73 Å². The molecule has 1 rings (SSSR count). The van der Waals surface area contributed by atoms with Crippen molar-refractivity contribution in [3.05, 3.63) is 17.0 Å². The zero-order chi connectivity index (χ0) is 12.3. The smallest absolute Gasteiger partial charge is 0.252 e. The molecule has 0 unspecified atom stereocenters. The van der Waals surface area contributed by atoms with Gasteiger partial charge in [-0.15, -0.1) is 11.3 Å². The fourth-order valence-corrected chi connectivity index (χ4v) is 4.54. The van der Waals surface area contributed by atoms with E-state index in [0.29, 0.717) is 17.3 Å². The second-order valence-corrected chi connectivity index (χ2v) is 7.01. The zero-order valence-corrected chi connectivity index (χ0v) is 11.4. The first-order valence-corrected chi connectivity index (χ1v) is 7.49. The second-order valence-electron chi connectivity index (χ2n) is 3.73. The van der Waals surface area contributed by atoms with E-state index in [9.17, 15) is 8.42 Å². The van der Waals surface area contributed by atoms with Crippen LogP contribution in [-0.2, 0) is 16.6 Å². The van der Waals surface area contributed by atoms with Gasteiger partial charge in [0.1, 0.15) is 4.21 Å². The Bertz CT molecular complexity index is 437. The number of nitrogens with zero attached hydrogens (tertiary/aromatic N) is 1. The van der Waals surface area contributed by atoms with E-state index in [1.165, 1.54) is 15.6 Å². The zero-order valence-electron chi connectivity index (χ0n) is 9.80. The van der Waals surface area contributed by atoms with Crippen LogP contribution in [0.15, 0.2) is 16.3 Å². The number of nitrogens with two attached hydrogens (primary N) is 1. The lowest BCUT2D eigenvalue weighted by Crippen LogP contribution is -2.36. The molecule has 0 fully saturated rings. The predicted molar refractivity (Wildman–Crippen MR) is 66.9 cm³/mol. The SMILES string of the molecule is CCN(C(C)C)S(=O)(=O)c1ccc(CN)s1. The van der Waals surface area contributed by atoms with Crippen LogP contribution in [0.4, 0.5) is 0 Å². The highest BCUT2D eigenvalue weighted by molar-refractivity contribution is 7.91. The molecule has 0 radical (unpaired) electrons. The molecule has 0 spiro atoms. The fraction of sp³-hybridized carbons (Fsp3) is 0.600. The lowest BCUT2D eigenvalue weighted by Gasteiger charge is -2.23. The van der Waals surface area contributed by atoms with Gasteiger partial charge in [0.2, 0.25) is 0 Å². The monoisotopic (exact) mass is 262 g/mol. The molecule has 6 heteroatoms. The van der Waals surface area contributed by atoms with Crippen LogP contribution in [0.5, 0.6) is 0 Å². The second kappa shape index (κ2) is 5.27. The van der Waals surface area contributed by atoms with Gasteiger partial charge in [0, 0.05) is 24.0 Å². The van der Waals surface area contributed by atoms with Crippen LogP contribution in [-0.4, -0.2) is 25.3 Å². The van der Waals surface area contributed by atoms with Crippen LogP contribution in [0.3, 0.4) is 0 Å². The molecule has 0 aromatic carbocycles. The van der Waals surface area contributed by atoms with Crippen LogP contribution < -0.4 is 5.73 Å². The number of sulfonamides is 1. The van der Waals surface area contributed by atoms with Crippen molar-refractivity contribution in [2.75, 3.05) is 6.54 Å². The van der Waals surface area contributed by atoms with Gasteiger partial charge in [-0.2, -0.15) is 4.31 Å². The largest absolute Gasteiger partial charge is 0.326 e. The first-order chi connectivity index (χ1) is 7.43. The summed E-state index contributed by atoms with van der Waals surface area (Å²) >= 11 is 1.25. The summed E-state index contributed by atoms with van der Waals surface area (Å²) in [5.41, 5.74) is 5.48. The van der Waals surface area contributed by atoms with Crippen molar-refractivity contribution in [2.45, 2.75) is 37.6 Å². The maximum atomic E-state index is 12.2. The Hall–Kier alpha value is -0.430. The molecule has 0 atom stereocenters. The van der Waals surface area contributed by atoms with Gasteiger partial charge in [0.15, 0.2) is 0 Å². The van der Waals surface area contributed by atoms with E-state index < -0.39 is 10.0 Å². The van der Waals surface area contributed by atoms with E-state index in [1.807, 2.05) is 20.8 Å². The Balaban J connectivity index is 3.09. The minimum atomic E-state index is -3.34. The molecule has 0 saturated heterocycles. The van der Waals surface area contributed by atoms with Crippen LogP contribution in [0, 0.1) is 0 Å².